The van der Waals surface area contributed by atoms with Crippen LogP contribution in [0.3, 0.4) is 0 Å². The van der Waals surface area contributed by atoms with Gasteiger partial charge in [0.2, 0.25) is 5.91 Å². The summed E-state index contributed by atoms with van der Waals surface area (Å²) in [5.41, 5.74) is 2.35. The second-order valence-corrected chi connectivity index (χ2v) is 8.24. The average molecular weight is 361 g/mol. The summed E-state index contributed by atoms with van der Waals surface area (Å²) in [6.45, 7) is 7.90. The molecular formula is C17H19N3O2S2. The van der Waals surface area contributed by atoms with Crippen LogP contribution < -0.4 is 10.2 Å². The molecule has 1 aliphatic heterocycles. The Labute approximate surface area is 149 Å². The lowest BCUT2D eigenvalue weighted by Gasteiger charge is -2.38. The molecule has 2 aromatic rings. The lowest BCUT2D eigenvalue weighted by Crippen LogP contribution is -2.54. The van der Waals surface area contributed by atoms with E-state index in [0.29, 0.717) is 12.2 Å². The highest BCUT2D eigenvalue weighted by molar-refractivity contribution is 8.02. The molecule has 126 valence electrons. The van der Waals surface area contributed by atoms with Gasteiger partial charge in [0, 0.05) is 16.3 Å². The second kappa shape index (κ2) is 6.22. The number of benzene rings is 1. The molecule has 0 spiro atoms. The molecule has 1 unspecified atom stereocenters. The third kappa shape index (κ3) is 2.61. The van der Waals surface area contributed by atoms with Crippen molar-refractivity contribution in [3.8, 4) is 0 Å². The molecule has 3 rings (SSSR count). The van der Waals surface area contributed by atoms with E-state index in [0.717, 1.165) is 21.2 Å². The van der Waals surface area contributed by atoms with E-state index in [-0.39, 0.29) is 11.8 Å². The zero-order valence-electron chi connectivity index (χ0n) is 14.0. The standard InChI is InChI=1S/C17H19N3O2S2/c1-5-20-12-8-6-7-9-13(12)23-17(4,16(20)22)15(21)18-14-10(2)19-24-11(14)3/h6-9H,5H2,1-4H3,(H,18,21). The molecule has 0 fully saturated rings. The van der Waals surface area contributed by atoms with Crippen molar-refractivity contribution in [1.82, 2.24) is 4.37 Å². The third-order valence-electron chi connectivity index (χ3n) is 4.14. The molecule has 1 aromatic carbocycles. The van der Waals surface area contributed by atoms with Gasteiger partial charge in [-0.1, -0.05) is 23.9 Å². The largest absolute Gasteiger partial charge is 0.322 e. The number of rotatable bonds is 3. The maximum Gasteiger partial charge on any atom is 0.252 e. The van der Waals surface area contributed by atoms with E-state index in [2.05, 4.69) is 9.69 Å². The molecule has 24 heavy (non-hydrogen) atoms. The Bertz CT molecular complexity index is 798. The number of aryl methyl sites for hydroxylation is 2. The van der Waals surface area contributed by atoms with Gasteiger partial charge in [-0.3, -0.25) is 9.59 Å². The summed E-state index contributed by atoms with van der Waals surface area (Å²) < 4.78 is 3.04. The van der Waals surface area contributed by atoms with Crippen LogP contribution in [0, 0.1) is 13.8 Å². The first kappa shape index (κ1) is 17.0. The third-order valence-corrected chi connectivity index (χ3v) is 6.32. The Balaban J connectivity index is 1.97. The molecule has 1 N–H and O–H groups in total. The van der Waals surface area contributed by atoms with Gasteiger partial charge in [-0.05, 0) is 51.4 Å². The van der Waals surface area contributed by atoms with Crippen LogP contribution in [0.2, 0.25) is 0 Å². The predicted octanol–water partition coefficient (Wildman–Crippen LogP) is 3.62. The summed E-state index contributed by atoms with van der Waals surface area (Å²) in [6, 6.07) is 7.69. The van der Waals surface area contributed by atoms with Gasteiger partial charge in [-0.25, -0.2) is 0 Å². The lowest BCUT2D eigenvalue weighted by molar-refractivity contribution is -0.128. The van der Waals surface area contributed by atoms with Crippen LogP contribution in [0.5, 0.6) is 0 Å². The van der Waals surface area contributed by atoms with Crippen molar-refractivity contribution in [2.24, 2.45) is 0 Å². The van der Waals surface area contributed by atoms with Crippen LogP contribution in [-0.2, 0) is 9.59 Å². The minimum atomic E-state index is -1.20. The molecular weight excluding hydrogens is 342 g/mol. The van der Waals surface area contributed by atoms with E-state index in [9.17, 15) is 9.59 Å². The maximum atomic E-state index is 13.0. The maximum absolute atomic E-state index is 13.0. The Morgan fingerprint density at radius 1 is 1.33 bits per heavy atom. The van der Waals surface area contributed by atoms with Crippen LogP contribution in [0.1, 0.15) is 24.4 Å². The van der Waals surface area contributed by atoms with Crippen molar-refractivity contribution in [3.63, 3.8) is 0 Å². The number of anilines is 2. The SMILES string of the molecule is CCN1C(=O)C(C)(C(=O)Nc2c(C)nsc2C)Sc2ccccc21. The van der Waals surface area contributed by atoms with Crippen molar-refractivity contribution in [2.45, 2.75) is 37.3 Å². The topological polar surface area (TPSA) is 62.3 Å². The van der Waals surface area contributed by atoms with Gasteiger partial charge in [0.1, 0.15) is 0 Å². The lowest BCUT2D eigenvalue weighted by atomic mass is 10.1. The van der Waals surface area contributed by atoms with Crippen LogP contribution in [0.4, 0.5) is 11.4 Å². The van der Waals surface area contributed by atoms with Crippen molar-refractivity contribution < 1.29 is 9.59 Å². The van der Waals surface area contributed by atoms with Crippen LogP contribution in [0.15, 0.2) is 29.2 Å². The van der Waals surface area contributed by atoms with Crippen LogP contribution >= 0.6 is 23.3 Å². The summed E-state index contributed by atoms with van der Waals surface area (Å²) in [6.07, 6.45) is 0. The molecule has 1 atom stereocenters. The molecule has 1 aromatic heterocycles. The minimum absolute atomic E-state index is 0.190. The number of nitrogens with one attached hydrogen (secondary N) is 1. The Hall–Kier alpha value is -1.86. The summed E-state index contributed by atoms with van der Waals surface area (Å²) in [4.78, 5) is 29.5. The summed E-state index contributed by atoms with van der Waals surface area (Å²) >= 11 is 2.65. The molecule has 5 nitrogen and oxygen atoms in total. The van der Waals surface area contributed by atoms with Gasteiger partial charge >= 0.3 is 0 Å². The molecule has 7 heteroatoms. The highest BCUT2D eigenvalue weighted by Gasteiger charge is 2.49. The highest BCUT2D eigenvalue weighted by atomic mass is 32.2. The first-order valence-corrected chi connectivity index (χ1v) is 9.31. The smallest absolute Gasteiger partial charge is 0.252 e. The summed E-state index contributed by atoms with van der Waals surface area (Å²) in [7, 11) is 0. The number of fused-ring (bicyclic) bond motifs is 1. The normalized spacial score (nSPS) is 20.0. The molecule has 0 bridgehead atoms. The number of aromatic nitrogens is 1. The fourth-order valence-electron chi connectivity index (χ4n) is 2.75. The fourth-order valence-corrected chi connectivity index (χ4v) is 4.61. The van der Waals surface area contributed by atoms with E-state index < -0.39 is 4.75 Å². The molecule has 0 aliphatic carbocycles. The van der Waals surface area contributed by atoms with Crippen LogP contribution in [0.25, 0.3) is 0 Å². The number of hydrogen-bond acceptors (Lipinski definition) is 5. The van der Waals surface area contributed by atoms with E-state index in [1.54, 1.807) is 11.8 Å². The quantitative estimate of drug-likeness (QED) is 0.848. The van der Waals surface area contributed by atoms with Crippen molar-refractivity contribution in [3.05, 3.63) is 34.8 Å². The summed E-state index contributed by atoms with van der Waals surface area (Å²) in [5, 5.41) is 2.92. The minimum Gasteiger partial charge on any atom is -0.322 e. The number of carbonyl (C=O) groups is 2. The second-order valence-electron chi connectivity index (χ2n) is 5.81. The van der Waals surface area contributed by atoms with E-state index in [4.69, 9.17) is 0 Å². The number of hydrogen-bond donors (Lipinski definition) is 1. The van der Waals surface area contributed by atoms with E-state index >= 15 is 0 Å². The Morgan fingerprint density at radius 2 is 2.04 bits per heavy atom. The zero-order chi connectivity index (χ0) is 17.5. The van der Waals surface area contributed by atoms with E-state index in [1.165, 1.54) is 23.3 Å². The molecule has 0 saturated heterocycles. The molecule has 0 saturated carbocycles. The van der Waals surface area contributed by atoms with Gasteiger partial charge in [0.05, 0.1) is 17.1 Å². The van der Waals surface area contributed by atoms with Crippen molar-refractivity contribution >= 4 is 46.5 Å². The molecule has 2 amide bonds. The summed E-state index contributed by atoms with van der Waals surface area (Å²) in [5.74, 6) is -0.499. The van der Waals surface area contributed by atoms with Crippen LogP contribution in [-0.4, -0.2) is 27.5 Å². The van der Waals surface area contributed by atoms with Crippen molar-refractivity contribution in [1.29, 1.82) is 0 Å². The van der Waals surface area contributed by atoms with Gasteiger partial charge in [-0.15, -0.1) is 0 Å². The number of amides is 2. The van der Waals surface area contributed by atoms with Gasteiger partial charge in [0.15, 0.2) is 4.75 Å². The van der Waals surface area contributed by atoms with Gasteiger partial charge in [-0.2, -0.15) is 4.37 Å². The number of thioether (sulfide) groups is 1. The first-order valence-electron chi connectivity index (χ1n) is 7.72. The number of para-hydroxylation sites is 1. The molecule has 0 radical (unpaired) electrons. The average Bonchev–Trinajstić information content (AvgIpc) is 2.88. The van der Waals surface area contributed by atoms with E-state index in [1.807, 2.05) is 45.0 Å². The molecule has 1 aliphatic rings. The Morgan fingerprint density at radius 3 is 2.67 bits per heavy atom. The van der Waals surface area contributed by atoms with Gasteiger partial charge < -0.3 is 10.2 Å². The predicted molar refractivity (Wildman–Crippen MR) is 98.9 cm³/mol. The van der Waals surface area contributed by atoms with Crippen molar-refractivity contribution in [2.75, 3.05) is 16.8 Å². The number of carbonyl (C=O) groups excluding carboxylic acids is 2. The molecule has 2 heterocycles. The highest BCUT2D eigenvalue weighted by Crippen LogP contribution is 2.45. The zero-order valence-corrected chi connectivity index (χ0v) is 15.7. The fraction of sp³-hybridized carbons (Fsp3) is 0.353. The first-order chi connectivity index (χ1) is 11.4. The monoisotopic (exact) mass is 361 g/mol. The number of nitrogens with zero attached hydrogens (tertiary/aromatic N) is 2. The Kier molecular flexibility index (Phi) is 4.40. The van der Waals surface area contributed by atoms with Gasteiger partial charge in [0.25, 0.3) is 5.91 Å².